The monoisotopic (exact) mass is 288 g/mol. The molecule has 0 bridgehead atoms. The summed E-state index contributed by atoms with van der Waals surface area (Å²) in [5.74, 6) is -1.56. The van der Waals surface area contributed by atoms with Crippen molar-refractivity contribution >= 4 is 21.7 Å². The normalized spacial score (nSPS) is 16.2. The number of rotatable bonds is 4. The van der Waals surface area contributed by atoms with E-state index in [-0.39, 0.29) is 22.9 Å². The third-order valence-corrected chi connectivity index (χ3v) is 3.92. The van der Waals surface area contributed by atoms with E-state index in [2.05, 4.69) is 0 Å². The number of halogens is 1. The van der Waals surface area contributed by atoms with Gasteiger partial charge in [0.1, 0.15) is 5.82 Å². The summed E-state index contributed by atoms with van der Waals surface area (Å²) in [7, 11) is -3.92. The molecule has 0 saturated carbocycles. The van der Waals surface area contributed by atoms with E-state index in [4.69, 9.17) is 10.2 Å². The van der Waals surface area contributed by atoms with Crippen LogP contribution in [-0.2, 0) is 14.8 Å². The SMILES string of the molecule is NS(=O)(=O)c1ccc(N2CC(CC(=O)O)C2)c(F)c1. The molecule has 1 heterocycles. The summed E-state index contributed by atoms with van der Waals surface area (Å²) in [6, 6.07) is 3.44. The van der Waals surface area contributed by atoms with E-state index in [1.807, 2.05) is 0 Å². The molecule has 1 aromatic carbocycles. The number of carboxylic acid groups (broad SMARTS) is 1. The Morgan fingerprint density at radius 2 is 2.11 bits per heavy atom. The summed E-state index contributed by atoms with van der Waals surface area (Å²) in [6.07, 6.45) is 0.0490. The van der Waals surface area contributed by atoms with Crippen LogP contribution in [0.1, 0.15) is 6.42 Å². The van der Waals surface area contributed by atoms with E-state index in [1.165, 1.54) is 12.1 Å². The number of benzene rings is 1. The average molecular weight is 288 g/mol. The molecule has 19 heavy (non-hydrogen) atoms. The number of sulfonamides is 1. The predicted molar refractivity (Wildman–Crippen MR) is 65.7 cm³/mol. The molecule has 0 atom stereocenters. The number of hydrogen-bond donors (Lipinski definition) is 2. The number of primary sulfonamides is 1. The first-order valence-electron chi connectivity index (χ1n) is 5.56. The van der Waals surface area contributed by atoms with Crippen molar-refractivity contribution in [3.63, 3.8) is 0 Å². The molecule has 1 aromatic rings. The molecule has 0 spiro atoms. The van der Waals surface area contributed by atoms with Crippen molar-refractivity contribution in [2.24, 2.45) is 11.1 Å². The quantitative estimate of drug-likeness (QED) is 0.834. The molecule has 1 aliphatic heterocycles. The summed E-state index contributed by atoms with van der Waals surface area (Å²) in [5.41, 5.74) is 0.258. The Labute approximate surface area is 109 Å². The maximum atomic E-state index is 13.8. The van der Waals surface area contributed by atoms with Gasteiger partial charge in [0, 0.05) is 19.0 Å². The van der Waals surface area contributed by atoms with Crippen LogP contribution < -0.4 is 10.0 Å². The van der Waals surface area contributed by atoms with E-state index in [0.29, 0.717) is 13.1 Å². The minimum atomic E-state index is -3.92. The highest BCUT2D eigenvalue weighted by Crippen LogP contribution is 2.29. The lowest BCUT2D eigenvalue weighted by molar-refractivity contribution is -0.138. The van der Waals surface area contributed by atoms with Gasteiger partial charge in [-0.3, -0.25) is 4.79 Å². The van der Waals surface area contributed by atoms with Crippen molar-refractivity contribution in [1.29, 1.82) is 0 Å². The number of anilines is 1. The van der Waals surface area contributed by atoms with Crippen LogP contribution in [-0.4, -0.2) is 32.6 Å². The summed E-state index contributed by atoms with van der Waals surface area (Å²) < 4.78 is 35.9. The minimum absolute atomic E-state index is 0.00480. The maximum absolute atomic E-state index is 13.8. The van der Waals surface area contributed by atoms with Gasteiger partial charge in [0.15, 0.2) is 0 Å². The maximum Gasteiger partial charge on any atom is 0.303 e. The van der Waals surface area contributed by atoms with Crippen LogP contribution in [0.25, 0.3) is 0 Å². The van der Waals surface area contributed by atoms with Gasteiger partial charge in [0.2, 0.25) is 10.0 Å². The summed E-state index contributed by atoms with van der Waals surface area (Å²) in [4.78, 5) is 11.9. The molecule has 0 unspecified atom stereocenters. The van der Waals surface area contributed by atoms with E-state index in [0.717, 1.165) is 6.07 Å². The molecular formula is C11H13FN2O4S. The van der Waals surface area contributed by atoms with Gasteiger partial charge in [0.05, 0.1) is 17.0 Å². The number of nitrogens with zero attached hydrogens (tertiary/aromatic N) is 1. The molecule has 1 saturated heterocycles. The summed E-state index contributed by atoms with van der Waals surface area (Å²) in [6.45, 7) is 0.885. The van der Waals surface area contributed by atoms with E-state index in [9.17, 15) is 17.6 Å². The number of carbonyl (C=O) groups is 1. The summed E-state index contributed by atoms with van der Waals surface area (Å²) in [5, 5.41) is 13.5. The van der Waals surface area contributed by atoms with Gasteiger partial charge in [-0.05, 0) is 18.2 Å². The average Bonchev–Trinajstić information content (AvgIpc) is 2.22. The number of hydrogen-bond acceptors (Lipinski definition) is 4. The first kappa shape index (κ1) is 13.8. The first-order valence-corrected chi connectivity index (χ1v) is 7.11. The third-order valence-electron chi connectivity index (χ3n) is 3.01. The number of nitrogens with two attached hydrogens (primary N) is 1. The van der Waals surface area contributed by atoms with Crippen LogP contribution in [0.3, 0.4) is 0 Å². The molecule has 1 aliphatic rings. The zero-order valence-electron chi connectivity index (χ0n) is 9.91. The highest BCUT2D eigenvalue weighted by Gasteiger charge is 2.30. The molecule has 3 N–H and O–H groups in total. The molecular weight excluding hydrogens is 275 g/mol. The minimum Gasteiger partial charge on any atom is -0.481 e. The standard InChI is InChI=1S/C11H13FN2O4S/c12-9-4-8(19(13,17)18)1-2-10(9)14-5-7(6-14)3-11(15)16/h1-2,4,7H,3,5-6H2,(H,15,16)(H2,13,17,18). The van der Waals surface area contributed by atoms with Gasteiger partial charge in [-0.2, -0.15) is 0 Å². The lowest BCUT2D eigenvalue weighted by Crippen LogP contribution is -2.48. The zero-order chi connectivity index (χ0) is 14.2. The van der Waals surface area contributed by atoms with Crippen LogP contribution in [0.15, 0.2) is 23.1 Å². The lowest BCUT2D eigenvalue weighted by Gasteiger charge is -2.40. The second-order valence-corrected chi connectivity index (χ2v) is 6.09. The number of carboxylic acids is 1. The van der Waals surface area contributed by atoms with Crippen molar-refractivity contribution in [2.75, 3.05) is 18.0 Å². The topological polar surface area (TPSA) is 101 Å². The second-order valence-electron chi connectivity index (χ2n) is 4.53. The van der Waals surface area contributed by atoms with E-state index in [1.54, 1.807) is 4.90 Å². The fraction of sp³-hybridized carbons (Fsp3) is 0.364. The second kappa shape index (κ2) is 4.78. The van der Waals surface area contributed by atoms with Crippen LogP contribution in [0.5, 0.6) is 0 Å². The highest BCUT2D eigenvalue weighted by molar-refractivity contribution is 7.89. The first-order chi connectivity index (χ1) is 8.77. The fourth-order valence-electron chi connectivity index (χ4n) is 2.06. The molecule has 0 amide bonds. The molecule has 8 heteroatoms. The zero-order valence-corrected chi connectivity index (χ0v) is 10.7. The van der Waals surface area contributed by atoms with Crippen molar-refractivity contribution in [2.45, 2.75) is 11.3 Å². The van der Waals surface area contributed by atoms with Crippen LogP contribution in [0.2, 0.25) is 0 Å². The Morgan fingerprint density at radius 3 is 2.58 bits per heavy atom. The van der Waals surface area contributed by atoms with Crippen LogP contribution in [0, 0.1) is 11.7 Å². The molecule has 0 radical (unpaired) electrons. The largest absolute Gasteiger partial charge is 0.481 e. The van der Waals surface area contributed by atoms with Gasteiger partial charge in [-0.1, -0.05) is 0 Å². The molecule has 6 nitrogen and oxygen atoms in total. The van der Waals surface area contributed by atoms with Gasteiger partial charge in [-0.25, -0.2) is 17.9 Å². The van der Waals surface area contributed by atoms with Crippen molar-refractivity contribution in [3.8, 4) is 0 Å². The van der Waals surface area contributed by atoms with Gasteiger partial charge in [-0.15, -0.1) is 0 Å². The Balaban J connectivity index is 2.10. The summed E-state index contributed by atoms with van der Waals surface area (Å²) >= 11 is 0. The van der Waals surface area contributed by atoms with Crippen molar-refractivity contribution in [1.82, 2.24) is 0 Å². The van der Waals surface area contributed by atoms with Gasteiger partial charge in [0.25, 0.3) is 0 Å². The Hall–Kier alpha value is -1.67. The predicted octanol–water partition coefficient (Wildman–Crippen LogP) is 0.384. The Bertz CT molecular complexity index is 611. The Kier molecular flexibility index (Phi) is 3.46. The smallest absolute Gasteiger partial charge is 0.303 e. The van der Waals surface area contributed by atoms with E-state index < -0.39 is 21.8 Å². The van der Waals surface area contributed by atoms with Gasteiger partial charge < -0.3 is 10.0 Å². The van der Waals surface area contributed by atoms with Crippen molar-refractivity contribution < 1.29 is 22.7 Å². The van der Waals surface area contributed by atoms with Crippen molar-refractivity contribution in [3.05, 3.63) is 24.0 Å². The molecule has 2 rings (SSSR count). The van der Waals surface area contributed by atoms with Gasteiger partial charge >= 0.3 is 5.97 Å². The lowest BCUT2D eigenvalue weighted by atomic mass is 9.95. The molecule has 1 fully saturated rings. The Morgan fingerprint density at radius 1 is 1.47 bits per heavy atom. The number of aliphatic carboxylic acids is 1. The third kappa shape index (κ3) is 3.02. The highest BCUT2D eigenvalue weighted by atomic mass is 32.2. The molecule has 104 valence electrons. The molecule has 0 aliphatic carbocycles. The van der Waals surface area contributed by atoms with E-state index >= 15 is 0 Å². The molecule has 0 aromatic heterocycles. The fourth-order valence-corrected chi connectivity index (χ4v) is 2.59. The van der Waals surface area contributed by atoms with Crippen LogP contribution >= 0.6 is 0 Å². The van der Waals surface area contributed by atoms with Crippen LogP contribution in [0.4, 0.5) is 10.1 Å².